The third-order valence-corrected chi connectivity index (χ3v) is 6.69. The Balaban J connectivity index is 1.59. The van der Waals surface area contributed by atoms with Gasteiger partial charge in [-0.1, -0.05) is 41.6 Å². The van der Waals surface area contributed by atoms with E-state index in [0.29, 0.717) is 48.5 Å². The van der Waals surface area contributed by atoms with Crippen LogP contribution < -0.4 is 16.4 Å². The van der Waals surface area contributed by atoms with E-state index in [1.54, 1.807) is 24.0 Å². The summed E-state index contributed by atoms with van der Waals surface area (Å²) >= 11 is 0. The Kier molecular flexibility index (Phi) is 9.91. The van der Waals surface area contributed by atoms with Crippen molar-refractivity contribution in [2.24, 2.45) is 10.7 Å². The van der Waals surface area contributed by atoms with Crippen LogP contribution in [-0.2, 0) is 22.3 Å². The van der Waals surface area contributed by atoms with Crippen molar-refractivity contribution in [3.63, 3.8) is 0 Å². The van der Waals surface area contributed by atoms with Crippen LogP contribution in [-0.4, -0.2) is 39.6 Å². The number of nitrogens with two attached hydrogens (primary N) is 1. The first-order valence-electron chi connectivity index (χ1n) is 13.6. The first-order chi connectivity index (χ1) is 20.5. The van der Waals surface area contributed by atoms with Crippen LogP contribution in [0.5, 0.6) is 0 Å². The summed E-state index contributed by atoms with van der Waals surface area (Å²) in [6.07, 6.45) is 4.75. The van der Waals surface area contributed by atoms with Crippen LogP contribution >= 0.6 is 0 Å². The molecule has 12 heteroatoms. The van der Waals surface area contributed by atoms with E-state index in [-0.39, 0.29) is 18.2 Å². The number of hydrogen-bond acceptors (Lipinski definition) is 6. The lowest BCUT2D eigenvalue weighted by Crippen LogP contribution is -2.19. The molecule has 0 saturated heterocycles. The largest absolute Gasteiger partial charge is 0.416 e. The summed E-state index contributed by atoms with van der Waals surface area (Å²) < 4.78 is 40.6. The highest BCUT2D eigenvalue weighted by molar-refractivity contribution is 6.09. The van der Waals surface area contributed by atoms with Gasteiger partial charge < -0.3 is 16.4 Å². The summed E-state index contributed by atoms with van der Waals surface area (Å²) in [5.41, 5.74) is 11.2. The first-order valence-corrected chi connectivity index (χ1v) is 13.6. The minimum atomic E-state index is -4.40. The van der Waals surface area contributed by atoms with Gasteiger partial charge >= 0.3 is 6.18 Å². The minimum Gasteiger partial charge on any atom is -0.402 e. The molecule has 3 aromatic rings. The number of benzene rings is 2. The Morgan fingerprint density at radius 2 is 1.70 bits per heavy atom. The van der Waals surface area contributed by atoms with Gasteiger partial charge in [0.25, 0.3) is 0 Å². The van der Waals surface area contributed by atoms with Gasteiger partial charge in [-0.25, -0.2) is 4.68 Å². The maximum atomic E-state index is 13.0. The molecule has 0 saturated carbocycles. The molecule has 0 fully saturated rings. The van der Waals surface area contributed by atoms with Gasteiger partial charge in [-0.05, 0) is 60.8 Å². The van der Waals surface area contributed by atoms with Gasteiger partial charge in [-0.3, -0.25) is 14.6 Å². The quantitative estimate of drug-likeness (QED) is 0.287. The fourth-order valence-electron chi connectivity index (χ4n) is 4.28. The molecule has 1 aliphatic carbocycles. The Morgan fingerprint density at radius 3 is 2.28 bits per heavy atom. The average molecular weight is 592 g/mol. The average Bonchev–Trinajstić information content (AvgIpc) is 3.48. The summed E-state index contributed by atoms with van der Waals surface area (Å²) in [5, 5.41) is 13.5. The van der Waals surface area contributed by atoms with Crippen molar-refractivity contribution in [2.75, 3.05) is 7.05 Å². The molecule has 2 aromatic carbocycles. The van der Waals surface area contributed by atoms with E-state index in [9.17, 15) is 22.8 Å². The Bertz CT molecular complexity index is 1580. The third kappa shape index (κ3) is 8.74. The molecule has 0 aliphatic heterocycles. The molecule has 1 heterocycles. The number of carbonyl (C=O) groups excluding carboxylic acids is 2. The molecule has 43 heavy (non-hydrogen) atoms. The van der Waals surface area contributed by atoms with E-state index in [2.05, 4.69) is 20.9 Å². The van der Waals surface area contributed by atoms with Crippen molar-refractivity contribution in [3.05, 3.63) is 101 Å². The zero-order valence-electron chi connectivity index (χ0n) is 23.8. The van der Waals surface area contributed by atoms with Crippen LogP contribution in [0.25, 0.3) is 16.8 Å². The second-order valence-electron chi connectivity index (χ2n) is 9.92. The molecule has 2 amide bonds. The van der Waals surface area contributed by atoms with Crippen molar-refractivity contribution in [1.29, 1.82) is 0 Å². The maximum absolute atomic E-state index is 13.0. The first kappa shape index (κ1) is 30.9. The van der Waals surface area contributed by atoms with E-state index in [0.717, 1.165) is 34.7 Å². The number of alkyl halides is 3. The van der Waals surface area contributed by atoms with Crippen molar-refractivity contribution < 1.29 is 22.8 Å². The van der Waals surface area contributed by atoms with Crippen LogP contribution in [0.1, 0.15) is 49.4 Å². The molecule has 0 spiro atoms. The van der Waals surface area contributed by atoms with Gasteiger partial charge in [-0.15, -0.1) is 5.10 Å². The number of aliphatic imine (C=N–C) groups is 1. The molecular formula is C31H32F3N7O2. The number of allylic oxidation sites excluding steroid dienone is 6. The number of halogens is 3. The Morgan fingerprint density at radius 1 is 1.02 bits per heavy atom. The smallest absolute Gasteiger partial charge is 0.402 e. The molecule has 0 unspecified atom stereocenters. The van der Waals surface area contributed by atoms with Crippen LogP contribution in [0.3, 0.4) is 0 Å². The van der Waals surface area contributed by atoms with Gasteiger partial charge in [0.1, 0.15) is 5.69 Å². The number of rotatable bonds is 10. The molecular weight excluding hydrogens is 559 g/mol. The second kappa shape index (κ2) is 13.8. The zero-order valence-corrected chi connectivity index (χ0v) is 23.8. The fourth-order valence-corrected chi connectivity index (χ4v) is 4.28. The number of nitrogens with one attached hydrogen (secondary N) is 2. The molecule has 224 valence electrons. The van der Waals surface area contributed by atoms with Gasteiger partial charge in [-0.2, -0.15) is 13.2 Å². The normalized spacial score (nSPS) is 14.2. The van der Waals surface area contributed by atoms with Gasteiger partial charge in [0, 0.05) is 43.0 Å². The summed E-state index contributed by atoms with van der Waals surface area (Å²) in [5.74, 6) is -0.276. The fraction of sp³-hybridized carbons (Fsp3) is 0.258. The summed E-state index contributed by atoms with van der Waals surface area (Å²) in [7, 11) is 1.56. The van der Waals surface area contributed by atoms with Crippen LogP contribution in [0, 0.1) is 0 Å². The SMILES string of the molecule is CNC(=O)CCC(N)=CC(=NC1=CC=C(n2cc(CNC(C)=O)nn2)CC1)c1ccc(-c2ccc(C(F)(F)F)cc2)cc1. The number of aromatic nitrogens is 3. The topological polar surface area (TPSA) is 127 Å². The monoisotopic (exact) mass is 591 g/mol. The van der Waals surface area contributed by atoms with Crippen LogP contribution in [0.15, 0.2) is 89.3 Å². The molecule has 4 rings (SSSR count). The molecule has 0 radical (unpaired) electrons. The van der Waals surface area contributed by atoms with E-state index < -0.39 is 11.7 Å². The lowest BCUT2D eigenvalue weighted by atomic mass is 10.00. The molecule has 1 aromatic heterocycles. The zero-order chi connectivity index (χ0) is 31.0. The predicted molar refractivity (Wildman–Crippen MR) is 158 cm³/mol. The number of amides is 2. The highest BCUT2D eigenvalue weighted by Gasteiger charge is 2.30. The van der Waals surface area contributed by atoms with Crippen LogP contribution in [0.2, 0.25) is 0 Å². The highest BCUT2D eigenvalue weighted by Crippen LogP contribution is 2.31. The molecule has 1 aliphatic rings. The minimum absolute atomic E-state index is 0.128. The third-order valence-electron chi connectivity index (χ3n) is 6.69. The standard InChI is InChI=1S/C31H32F3N7O2/c1-20(42)37-18-27-19-41(40-39-27)28-14-12-26(13-15-28)38-29(17-25(35)11-16-30(43)36-2)23-5-3-21(4-6-23)22-7-9-24(10-8-22)31(32,33)34/h3-10,12,14,17,19H,11,13,15-16,18,35H2,1-2H3,(H,36,43)(H,37,42). The van der Waals surface area contributed by atoms with E-state index in [1.807, 2.05) is 36.4 Å². The summed E-state index contributed by atoms with van der Waals surface area (Å²) in [6, 6.07) is 12.3. The number of nitrogens with zero attached hydrogens (tertiary/aromatic N) is 4. The maximum Gasteiger partial charge on any atom is 0.416 e. The molecule has 0 bridgehead atoms. The Labute approximate surface area is 247 Å². The number of hydrogen-bond donors (Lipinski definition) is 3. The van der Waals surface area contributed by atoms with Crippen molar-refractivity contribution in [2.45, 2.75) is 45.3 Å². The van der Waals surface area contributed by atoms with Crippen molar-refractivity contribution in [1.82, 2.24) is 25.6 Å². The van der Waals surface area contributed by atoms with Gasteiger partial charge in [0.2, 0.25) is 11.8 Å². The van der Waals surface area contributed by atoms with E-state index in [1.165, 1.54) is 19.1 Å². The van der Waals surface area contributed by atoms with Gasteiger partial charge in [0.05, 0.1) is 24.0 Å². The number of carbonyl (C=O) groups is 2. The lowest BCUT2D eigenvalue weighted by molar-refractivity contribution is -0.137. The molecule has 9 nitrogen and oxygen atoms in total. The van der Waals surface area contributed by atoms with Gasteiger partial charge in [0.15, 0.2) is 0 Å². The molecule has 4 N–H and O–H groups in total. The van der Waals surface area contributed by atoms with Crippen molar-refractivity contribution in [3.8, 4) is 11.1 Å². The second-order valence-corrected chi connectivity index (χ2v) is 9.92. The Hall–Kier alpha value is -5.00. The van der Waals surface area contributed by atoms with Crippen molar-refractivity contribution >= 4 is 23.2 Å². The highest BCUT2D eigenvalue weighted by atomic mass is 19.4. The lowest BCUT2D eigenvalue weighted by Gasteiger charge is -2.13. The predicted octanol–water partition coefficient (Wildman–Crippen LogP) is 4.98. The van der Waals surface area contributed by atoms with E-state index >= 15 is 0 Å². The van der Waals surface area contributed by atoms with E-state index in [4.69, 9.17) is 10.7 Å². The molecule has 0 atom stereocenters. The summed E-state index contributed by atoms with van der Waals surface area (Å²) in [4.78, 5) is 27.8. The van der Waals surface area contributed by atoms with Crippen LogP contribution in [0.4, 0.5) is 13.2 Å². The summed E-state index contributed by atoms with van der Waals surface area (Å²) in [6.45, 7) is 1.73.